The molecule has 0 saturated carbocycles. The smallest absolute Gasteiger partial charge is 0.166 e. The van der Waals surface area contributed by atoms with Crippen LogP contribution in [0.4, 0.5) is 0 Å². The van der Waals surface area contributed by atoms with Crippen molar-refractivity contribution < 1.29 is 0 Å². The molecule has 0 amide bonds. The van der Waals surface area contributed by atoms with Gasteiger partial charge in [-0.05, 0) is 45.3 Å². The first-order valence-electron chi connectivity index (χ1n) is 5.52. The van der Waals surface area contributed by atoms with Gasteiger partial charge in [-0.3, -0.25) is 0 Å². The Kier molecular flexibility index (Phi) is 6.89. The monoisotopic (exact) mass is 216 g/mol. The van der Waals surface area contributed by atoms with E-state index in [0.29, 0.717) is 12.1 Å². The van der Waals surface area contributed by atoms with Gasteiger partial charge >= 0.3 is 0 Å². The summed E-state index contributed by atoms with van der Waals surface area (Å²) in [5, 5.41) is 7.26. The molecule has 0 aromatic carbocycles. The van der Waals surface area contributed by atoms with Crippen LogP contribution in [0.5, 0.6) is 0 Å². The molecule has 2 nitrogen and oxygen atoms in total. The minimum Gasteiger partial charge on any atom is -0.361 e. The lowest BCUT2D eigenvalue weighted by Crippen LogP contribution is -2.43. The third-order valence-electron chi connectivity index (χ3n) is 2.25. The first-order chi connectivity index (χ1) is 6.45. The fraction of sp³-hybridized carbons (Fsp3) is 0.909. The van der Waals surface area contributed by atoms with E-state index in [9.17, 15) is 0 Å². The van der Waals surface area contributed by atoms with Crippen molar-refractivity contribution in [2.24, 2.45) is 5.92 Å². The van der Waals surface area contributed by atoms with Gasteiger partial charge in [0, 0.05) is 12.1 Å². The van der Waals surface area contributed by atoms with Gasteiger partial charge in [0.05, 0.1) is 0 Å². The van der Waals surface area contributed by atoms with E-state index >= 15 is 0 Å². The second-order valence-corrected chi connectivity index (χ2v) is 4.83. The number of thiocarbonyl (C=S) groups is 1. The van der Waals surface area contributed by atoms with Crippen molar-refractivity contribution in [1.82, 2.24) is 10.6 Å². The minimum absolute atomic E-state index is 0.408. The first-order valence-corrected chi connectivity index (χ1v) is 5.93. The van der Waals surface area contributed by atoms with E-state index in [1.165, 1.54) is 12.8 Å². The van der Waals surface area contributed by atoms with Crippen LogP contribution in [0.3, 0.4) is 0 Å². The molecular weight excluding hydrogens is 192 g/mol. The first kappa shape index (κ1) is 13.7. The van der Waals surface area contributed by atoms with Gasteiger partial charge in [0.1, 0.15) is 0 Å². The van der Waals surface area contributed by atoms with Crippen LogP contribution in [0.25, 0.3) is 0 Å². The van der Waals surface area contributed by atoms with E-state index in [1.807, 2.05) is 0 Å². The van der Waals surface area contributed by atoms with Gasteiger partial charge in [-0.2, -0.15) is 0 Å². The Morgan fingerprint density at radius 1 is 1.14 bits per heavy atom. The van der Waals surface area contributed by atoms with E-state index in [-0.39, 0.29) is 0 Å². The molecule has 0 rings (SSSR count). The van der Waals surface area contributed by atoms with E-state index < -0.39 is 0 Å². The summed E-state index contributed by atoms with van der Waals surface area (Å²) in [5.74, 6) is 0.763. The number of rotatable bonds is 5. The fourth-order valence-electron chi connectivity index (χ4n) is 1.36. The second-order valence-electron chi connectivity index (χ2n) is 4.42. The van der Waals surface area contributed by atoms with Crippen molar-refractivity contribution in [1.29, 1.82) is 0 Å². The largest absolute Gasteiger partial charge is 0.361 e. The Bertz CT molecular complexity index is 169. The highest BCUT2D eigenvalue weighted by Gasteiger charge is 2.08. The molecule has 0 aliphatic carbocycles. The van der Waals surface area contributed by atoms with Crippen molar-refractivity contribution in [2.75, 3.05) is 0 Å². The van der Waals surface area contributed by atoms with Gasteiger partial charge in [-0.25, -0.2) is 0 Å². The maximum absolute atomic E-state index is 5.17. The lowest BCUT2D eigenvalue weighted by atomic mass is 10.0. The molecule has 0 radical (unpaired) electrons. The SMILES string of the molecule is CCC(C)CC(C)NC(=S)NC(C)C. The average molecular weight is 216 g/mol. The van der Waals surface area contributed by atoms with Gasteiger partial charge in [0.2, 0.25) is 0 Å². The lowest BCUT2D eigenvalue weighted by Gasteiger charge is -2.20. The Balaban J connectivity index is 3.71. The van der Waals surface area contributed by atoms with Crippen LogP contribution in [-0.4, -0.2) is 17.2 Å². The van der Waals surface area contributed by atoms with E-state index in [1.54, 1.807) is 0 Å². The quantitative estimate of drug-likeness (QED) is 0.691. The minimum atomic E-state index is 0.408. The van der Waals surface area contributed by atoms with E-state index in [4.69, 9.17) is 12.2 Å². The van der Waals surface area contributed by atoms with Crippen molar-refractivity contribution in [3.05, 3.63) is 0 Å². The summed E-state index contributed by atoms with van der Waals surface area (Å²) in [7, 11) is 0. The molecule has 0 aromatic rings. The third-order valence-corrected chi connectivity index (χ3v) is 2.49. The predicted octanol–water partition coefficient (Wildman–Crippen LogP) is 2.68. The summed E-state index contributed by atoms with van der Waals surface area (Å²) in [6, 6.07) is 0.870. The van der Waals surface area contributed by atoms with Crippen LogP contribution in [0.15, 0.2) is 0 Å². The van der Waals surface area contributed by atoms with Crippen LogP contribution in [0.2, 0.25) is 0 Å². The van der Waals surface area contributed by atoms with Gasteiger partial charge in [-0.15, -0.1) is 0 Å². The van der Waals surface area contributed by atoms with Gasteiger partial charge < -0.3 is 10.6 Å². The van der Waals surface area contributed by atoms with E-state index in [2.05, 4.69) is 45.3 Å². The molecular formula is C11H24N2S. The van der Waals surface area contributed by atoms with Crippen molar-refractivity contribution in [3.8, 4) is 0 Å². The van der Waals surface area contributed by atoms with Crippen molar-refractivity contribution in [3.63, 3.8) is 0 Å². The summed E-state index contributed by atoms with van der Waals surface area (Å²) in [4.78, 5) is 0. The standard InChI is InChI=1S/C11H24N2S/c1-6-9(4)7-10(5)13-11(14)12-8(2)3/h8-10H,6-7H2,1-5H3,(H2,12,13,14). The maximum atomic E-state index is 5.17. The summed E-state index contributed by atoms with van der Waals surface area (Å²) in [5.41, 5.74) is 0. The zero-order valence-corrected chi connectivity index (χ0v) is 10.9. The van der Waals surface area contributed by atoms with Crippen molar-refractivity contribution >= 4 is 17.3 Å². The van der Waals surface area contributed by atoms with Crippen LogP contribution in [-0.2, 0) is 0 Å². The fourth-order valence-corrected chi connectivity index (χ4v) is 1.79. The Hall–Kier alpha value is -0.310. The molecule has 0 aliphatic rings. The summed E-state index contributed by atoms with van der Waals surface area (Å²) in [6.45, 7) is 10.9. The van der Waals surface area contributed by atoms with Crippen LogP contribution in [0, 0.1) is 5.92 Å². The molecule has 0 bridgehead atoms. The van der Waals surface area contributed by atoms with Crippen LogP contribution >= 0.6 is 12.2 Å². The number of hydrogen-bond acceptors (Lipinski definition) is 1. The highest BCUT2D eigenvalue weighted by Crippen LogP contribution is 2.09. The molecule has 0 aliphatic heterocycles. The normalized spacial score (nSPS) is 15.0. The second kappa shape index (κ2) is 7.04. The highest BCUT2D eigenvalue weighted by molar-refractivity contribution is 7.80. The third kappa shape index (κ3) is 7.13. The molecule has 2 atom stereocenters. The number of nitrogens with one attached hydrogen (secondary N) is 2. The zero-order valence-electron chi connectivity index (χ0n) is 10.1. The summed E-state index contributed by atoms with van der Waals surface area (Å²) >= 11 is 5.17. The topological polar surface area (TPSA) is 24.1 Å². The number of hydrogen-bond donors (Lipinski definition) is 2. The molecule has 2 N–H and O–H groups in total. The maximum Gasteiger partial charge on any atom is 0.166 e. The molecule has 0 aromatic heterocycles. The van der Waals surface area contributed by atoms with Crippen LogP contribution < -0.4 is 10.6 Å². The Labute approximate surface area is 93.8 Å². The predicted molar refractivity (Wildman–Crippen MR) is 67.5 cm³/mol. The molecule has 14 heavy (non-hydrogen) atoms. The lowest BCUT2D eigenvalue weighted by molar-refractivity contribution is 0.446. The zero-order chi connectivity index (χ0) is 11.1. The summed E-state index contributed by atoms with van der Waals surface area (Å²) in [6.07, 6.45) is 2.41. The molecule has 0 spiro atoms. The molecule has 84 valence electrons. The van der Waals surface area contributed by atoms with Gasteiger partial charge in [0.15, 0.2) is 5.11 Å². The highest BCUT2D eigenvalue weighted by atomic mass is 32.1. The average Bonchev–Trinajstić information content (AvgIpc) is 2.01. The van der Waals surface area contributed by atoms with Crippen LogP contribution in [0.1, 0.15) is 47.5 Å². The van der Waals surface area contributed by atoms with E-state index in [0.717, 1.165) is 11.0 Å². The molecule has 0 saturated heterocycles. The van der Waals surface area contributed by atoms with Crippen molar-refractivity contribution in [2.45, 2.75) is 59.5 Å². The summed E-state index contributed by atoms with van der Waals surface area (Å²) < 4.78 is 0. The molecule has 2 unspecified atom stereocenters. The molecule has 3 heteroatoms. The molecule has 0 heterocycles. The Morgan fingerprint density at radius 2 is 1.71 bits per heavy atom. The van der Waals surface area contributed by atoms with Gasteiger partial charge in [0.25, 0.3) is 0 Å². The van der Waals surface area contributed by atoms with Gasteiger partial charge in [-0.1, -0.05) is 20.3 Å². The molecule has 0 fully saturated rings. The Morgan fingerprint density at radius 3 is 2.14 bits per heavy atom.